The summed E-state index contributed by atoms with van der Waals surface area (Å²) in [6, 6.07) is 11.8. The fraction of sp³-hybridized carbons (Fsp3) is 0.292. The monoisotopic (exact) mass is 450 g/mol. The minimum Gasteiger partial charge on any atom is -0.355 e. The van der Waals surface area contributed by atoms with Crippen LogP contribution >= 0.6 is 11.6 Å². The maximum atomic E-state index is 12.7. The summed E-state index contributed by atoms with van der Waals surface area (Å²) in [6.07, 6.45) is 3.09. The van der Waals surface area contributed by atoms with Crippen molar-refractivity contribution in [2.24, 2.45) is 0 Å². The average Bonchev–Trinajstić information content (AvgIpc) is 3.12. The predicted molar refractivity (Wildman–Crippen MR) is 123 cm³/mol. The smallest absolute Gasteiger partial charge is 0.254 e. The second-order valence-corrected chi connectivity index (χ2v) is 8.70. The molecule has 1 aliphatic heterocycles. The number of benzene rings is 2. The van der Waals surface area contributed by atoms with Gasteiger partial charge in [0.05, 0.1) is 27.8 Å². The van der Waals surface area contributed by atoms with E-state index in [0.717, 1.165) is 35.9 Å². The third kappa shape index (κ3) is 3.73. The Morgan fingerprint density at radius 2 is 1.97 bits per heavy atom. The van der Waals surface area contributed by atoms with Crippen LogP contribution in [0.25, 0.3) is 10.9 Å². The first kappa shape index (κ1) is 20.6. The lowest BCUT2D eigenvalue weighted by Crippen LogP contribution is -2.42. The molecule has 0 saturated heterocycles. The first-order chi connectivity index (χ1) is 15.5. The molecule has 2 aliphatic rings. The third-order valence-electron chi connectivity index (χ3n) is 6.24. The SMILES string of the molecule is O=C(CCC1NC(=O)c2ccccc2NC1=O)NC1CCCc2c1[nH]c1c(Cl)cccc21. The molecule has 4 N–H and O–H groups in total. The fourth-order valence-corrected chi connectivity index (χ4v) is 4.87. The normalized spacial score (nSPS) is 20.0. The number of aryl methyl sites for hydroxylation is 1. The molecule has 0 saturated carbocycles. The summed E-state index contributed by atoms with van der Waals surface area (Å²) in [6.45, 7) is 0. The topological polar surface area (TPSA) is 103 Å². The number of H-pyrrole nitrogens is 1. The zero-order chi connectivity index (χ0) is 22.2. The van der Waals surface area contributed by atoms with Gasteiger partial charge >= 0.3 is 0 Å². The number of aromatic amines is 1. The largest absolute Gasteiger partial charge is 0.355 e. The number of rotatable bonds is 4. The molecule has 8 heteroatoms. The molecular formula is C24H23ClN4O3. The Labute approximate surface area is 189 Å². The quantitative estimate of drug-likeness (QED) is 0.485. The molecule has 2 heterocycles. The molecule has 0 spiro atoms. The summed E-state index contributed by atoms with van der Waals surface area (Å²) in [5.74, 6) is -0.797. The van der Waals surface area contributed by atoms with Gasteiger partial charge in [-0.25, -0.2) is 0 Å². The van der Waals surface area contributed by atoms with E-state index < -0.39 is 6.04 Å². The van der Waals surface area contributed by atoms with E-state index in [1.807, 2.05) is 18.2 Å². The number of halogens is 1. The van der Waals surface area contributed by atoms with E-state index in [0.29, 0.717) is 16.3 Å². The molecule has 1 aliphatic carbocycles. The number of aromatic nitrogens is 1. The van der Waals surface area contributed by atoms with Crippen molar-refractivity contribution in [1.82, 2.24) is 15.6 Å². The van der Waals surface area contributed by atoms with Gasteiger partial charge < -0.3 is 20.9 Å². The van der Waals surface area contributed by atoms with Crippen LogP contribution in [0.1, 0.15) is 53.3 Å². The van der Waals surface area contributed by atoms with Crippen LogP contribution in [0.5, 0.6) is 0 Å². The molecule has 0 radical (unpaired) electrons. The number of hydrogen-bond acceptors (Lipinski definition) is 3. The van der Waals surface area contributed by atoms with Crippen molar-refractivity contribution in [3.63, 3.8) is 0 Å². The Kier molecular flexibility index (Phi) is 5.35. The summed E-state index contributed by atoms with van der Waals surface area (Å²) in [5.41, 5.74) is 4.00. The number of para-hydroxylation sites is 2. The summed E-state index contributed by atoms with van der Waals surface area (Å²) in [7, 11) is 0. The molecule has 2 aromatic carbocycles. The van der Waals surface area contributed by atoms with Crippen molar-refractivity contribution >= 4 is 45.9 Å². The van der Waals surface area contributed by atoms with E-state index in [9.17, 15) is 14.4 Å². The molecule has 7 nitrogen and oxygen atoms in total. The Morgan fingerprint density at radius 1 is 1.12 bits per heavy atom. The standard InChI is InChI=1S/C24H23ClN4O3/c25-16-8-3-6-13-14-7-4-10-18(22(14)29-21(13)16)26-20(30)12-11-19-24(32)27-17-9-2-1-5-15(17)23(31)28-19/h1-3,5-6,8-9,18-19,29H,4,7,10-12H2,(H,26,30)(H,27,32)(H,28,31). The molecule has 0 fully saturated rings. The molecule has 164 valence electrons. The highest BCUT2D eigenvalue weighted by atomic mass is 35.5. The number of nitrogens with one attached hydrogen (secondary N) is 4. The molecule has 3 amide bonds. The van der Waals surface area contributed by atoms with Crippen molar-refractivity contribution in [2.45, 2.75) is 44.2 Å². The summed E-state index contributed by atoms with van der Waals surface area (Å²) < 4.78 is 0. The van der Waals surface area contributed by atoms with Crippen LogP contribution in [-0.4, -0.2) is 28.7 Å². The van der Waals surface area contributed by atoms with Crippen LogP contribution in [-0.2, 0) is 16.0 Å². The minimum absolute atomic E-state index is 0.127. The van der Waals surface area contributed by atoms with Gasteiger partial charge in [0, 0.05) is 17.5 Å². The van der Waals surface area contributed by atoms with Gasteiger partial charge in [-0.15, -0.1) is 0 Å². The number of anilines is 1. The Morgan fingerprint density at radius 3 is 2.84 bits per heavy atom. The third-order valence-corrected chi connectivity index (χ3v) is 6.55. The molecular weight excluding hydrogens is 428 g/mol. The van der Waals surface area contributed by atoms with Gasteiger partial charge in [-0.1, -0.05) is 35.9 Å². The Bertz CT molecular complexity index is 1240. The van der Waals surface area contributed by atoms with Gasteiger partial charge in [0.15, 0.2) is 0 Å². The van der Waals surface area contributed by atoms with E-state index in [4.69, 9.17) is 11.6 Å². The van der Waals surface area contributed by atoms with Crippen molar-refractivity contribution in [3.05, 3.63) is 64.3 Å². The summed E-state index contributed by atoms with van der Waals surface area (Å²) >= 11 is 6.35. The summed E-state index contributed by atoms with van der Waals surface area (Å²) in [5, 5.41) is 10.4. The summed E-state index contributed by atoms with van der Waals surface area (Å²) in [4.78, 5) is 41.2. The Balaban J connectivity index is 1.26. The lowest BCUT2D eigenvalue weighted by atomic mass is 9.91. The molecule has 5 rings (SSSR count). The maximum Gasteiger partial charge on any atom is 0.254 e. The molecule has 0 bridgehead atoms. The highest BCUT2D eigenvalue weighted by molar-refractivity contribution is 6.35. The van der Waals surface area contributed by atoms with E-state index in [1.54, 1.807) is 24.3 Å². The van der Waals surface area contributed by atoms with Gasteiger partial charge in [0.2, 0.25) is 11.8 Å². The molecule has 32 heavy (non-hydrogen) atoms. The second-order valence-electron chi connectivity index (χ2n) is 8.29. The van der Waals surface area contributed by atoms with Gasteiger partial charge in [-0.05, 0) is 49.4 Å². The van der Waals surface area contributed by atoms with E-state index >= 15 is 0 Å². The van der Waals surface area contributed by atoms with Crippen molar-refractivity contribution in [3.8, 4) is 0 Å². The molecule has 3 aromatic rings. The van der Waals surface area contributed by atoms with Gasteiger partial charge in [0.1, 0.15) is 6.04 Å². The van der Waals surface area contributed by atoms with Crippen LogP contribution in [0.4, 0.5) is 5.69 Å². The predicted octanol–water partition coefficient (Wildman–Crippen LogP) is 3.85. The van der Waals surface area contributed by atoms with Crippen LogP contribution in [0, 0.1) is 0 Å². The van der Waals surface area contributed by atoms with E-state index in [1.165, 1.54) is 5.56 Å². The number of fused-ring (bicyclic) bond motifs is 4. The number of amides is 3. The lowest BCUT2D eigenvalue weighted by molar-refractivity contribution is -0.122. The number of carbonyl (C=O) groups excluding carboxylic acids is 3. The first-order valence-corrected chi connectivity index (χ1v) is 11.2. The van der Waals surface area contributed by atoms with Gasteiger partial charge in [-0.3, -0.25) is 14.4 Å². The van der Waals surface area contributed by atoms with Crippen molar-refractivity contribution in [1.29, 1.82) is 0 Å². The van der Waals surface area contributed by atoms with Crippen LogP contribution < -0.4 is 16.0 Å². The number of carbonyl (C=O) groups is 3. The van der Waals surface area contributed by atoms with Crippen LogP contribution in [0.3, 0.4) is 0 Å². The van der Waals surface area contributed by atoms with Crippen LogP contribution in [0.15, 0.2) is 42.5 Å². The molecule has 2 atom stereocenters. The highest BCUT2D eigenvalue weighted by Crippen LogP contribution is 2.37. The van der Waals surface area contributed by atoms with E-state index in [-0.39, 0.29) is 36.6 Å². The fourth-order valence-electron chi connectivity index (χ4n) is 4.65. The van der Waals surface area contributed by atoms with Crippen molar-refractivity contribution in [2.75, 3.05) is 5.32 Å². The zero-order valence-corrected chi connectivity index (χ0v) is 18.1. The highest BCUT2D eigenvalue weighted by Gasteiger charge is 2.29. The lowest BCUT2D eigenvalue weighted by Gasteiger charge is -2.24. The van der Waals surface area contributed by atoms with E-state index in [2.05, 4.69) is 20.9 Å². The van der Waals surface area contributed by atoms with Crippen molar-refractivity contribution < 1.29 is 14.4 Å². The Hall–Kier alpha value is -3.32. The average molecular weight is 451 g/mol. The minimum atomic E-state index is -0.769. The van der Waals surface area contributed by atoms with Gasteiger partial charge in [-0.2, -0.15) is 0 Å². The maximum absolute atomic E-state index is 12.7. The zero-order valence-electron chi connectivity index (χ0n) is 17.3. The van der Waals surface area contributed by atoms with Crippen LogP contribution in [0.2, 0.25) is 5.02 Å². The number of hydrogen-bond donors (Lipinski definition) is 4. The first-order valence-electron chi connectivity index (χ1n) is 10.8. The molecule has 2 unspecified atom stereocenters. The second kappa shape index (κ2) is 8.31. The van der Waals surface area contributed by atoms with Gasteiger partial charge in [0.25, 0.3) is 5.91 Å². The molecule has 1 aromatic heterocycles.